The fraction of sp³-hybridized carbons (Fsp3) is 0.500. The number of nitrogens with zero attached hydrogens (tertiary/aromatic N) is 2. The van der Waals surface area contributed by atoms with E-state index in [0.29, 0.717) is 51.1 Å². The Morgan fingerprint density at radius 2 is 2.16 bits per heavy atom. The summed E-state index contributed by atoms with van der Waals surface area (Å²) in [6.07, 6.45) is 3.35. The van der Waals surface area contributed by atoms with Gasteiger partial charge < -0.3 is 14.8 Å². The van der Waals surface area contributed by atoms with E-state index in [0.717, 1.165) is 24.2 Å². The molecule has 0 saturated carbocycles. The standard InChI is InChI=1S/C22H27ClFN3O4/c1-2-17-19-18(9-4-12-30-13-5-10-25-21(19)28)27(26-17)11-6-14-31-22(29)15-7-3-8-16(23)20(15)24/h3,7-8H,2,4-6,9-14H2,1H3,(H,25,28). The van der Waals surface area contributed by atoms with Crippen LogP contribution in [0.3, 0.4) is 0 Å². The Kier molecular flexibility index (Phi) is 8.43. The van der Waals surface area contributed by atoms with Crippen LogP contribution in [0.4, 0.5) is 4.39 Å². The molecule has 1 aromatic heterocycles. The molecule has 31 heavy (non-hydrogen) atoms. The number of amides is 1. The van der Waals surface area contributed by atoms with E-state index < -0.39 is 11.8 Å². The van der Waals surface area contributed by atoms with Gasteiger partial charge >= 0.3 is 5.97 Å². The van der Waals surface area contributed by atoms with Gasteiger partial charge in [0.15, 0.2) is 5.82 Å². The number of fused-ring (bicyclic) bond motifs is 1. The van der Waals surface area contributed by atoms with Gasteiger partial charge in [0.1, 0.15) is 0 Å². The maximum absolute atomic E-state index is 14.0. The van der Waals surface area contributed by atoms with Crippen molar-refractivity contribution in [2.45, 2.75) is 45.6 Å². The van der Waals surface area contributed by atoms with E-state index in [4.69, 9.17) is 21.1 Å². The van der Waals surface area contributed by atoms with Crippen molar-refractivity contribution < 1.29 is 23.5 Å². The second-order valence-electron chi connectivity index (χ2n) is 7.26. The molecule has 0 saturated heterocycles. The lowest BCUT2D eigenvalue weighted by Gasteiger charge is -2.10. The van der Waals surface area contributed by atoms with Crippen LogP contribution in [0, 0.1) is 5.82 Å². The lowest BCUT2D eigenvalue weighted by atomic mass is 10.1. The molecule has 1 aromatic carbocycles. The minimum atomic E-state index is -0.786. The first kappa shape index (κ1) is 23.2. The molecule has 1 amide bonds. The Morgan fingerprint density at radius 3 is 2.97 bits per heavy atom. The third kappa shape index (κ3) is 5.83. The second kappa shape index (κ2) is 11.2. The number of ether oxygens (including phenoxy) is 2. The summed E-state index contributed by atoms with van der Waals surface area (Å²) in [5, 5.41) is 7.45. The van der Waals surface area contributed by atoms with Crippen LogP contribution in [-0.4, -0.2) is 48.0 Å². The largest absolute Gasteiger partial charge is 0.462 e. The number of esters is 1. The molecule has 0 atom stereocenters. The summed E-state index contributed by atoms with van der Waals surface area (Å²) in [7, 11) is 0. The Hall–Kier alpha value is -2.45. The van der Waals surface area contributed by atoms with Crippen molar-refractivity contribution >= 4 is 23.5 Å². The highest BCUT2D eigenvalue weighted by molar-refractivity contribution is 6.31. The normalized spacial score (nSPS) is 15.0. The molecule has 2 aromatic rings. The molecule has 1 aliphatic heterocycles. The van der Waals surface area contributed by atoms with E-state index in [-0.39, 0.29) is 23.1 Å². The van der Waals surface area contributed by atoms with Crippen LogP contribution in [0.2, 0.25) is 5.02 Å². The summed E-state index contributed by atoms with van der Waals surface area (Å²) in [4.78, 5) is 24.9. The van der Waals surface area contributed by atoms with Gasteiger partial charge in [-0.2, -0.15) is 5.10 Å². The van der Waals surface area contributed by atoms with Gasteiger partial charge in [0, 0.05) is 32.7 Å². The molecule has 0 unspecified atom stereocenters. The lowest BCUT2D eigenvalue weighted by Crippen LogP contribution is -2.26. The number of carbonyl (C=O) groups excluding carboxylic acids is 2. The molecule has 2 heterocycles. The highest BCUT2D eigenvalue weighted by Crippen LogP contribution is 2.20. The highest BCUT2D eigenvalue weighted by Gasteiger charge is 2.23. The molecule has 168 valence electrons. The molecule has 0 bridgehead atoms. The number of nitrogens with one attached hydrogen (secondary N) is 1. The van der Waals surface area contributed by atoms with Gasteiger partial charge in [0.05, 0.1) is 34.1 Å². The van der Waals surface area contributed by atoms with Crippen LogP contribution in [0.5, 0.6) is 0 Å². The Morgan fingerprint density at radius 1 is 1.35 bits per heavy atom. The van der Waals surface area contributed by atoms with Gasteiger partial charge in [-0.3, -0.25) is 9.48 Å². The van der Waals surface area contributed by atoms with Crippen LogP contribution >= 0.6 is 11.6 Å². The van der Waals surface area contributed by atoms with Gasteiger partial charge in [0.2, 0.25) is 0 Å². The fourth-order valence-electron chi connectivity index (χ4n) is 3.53. The first-order valence-electron chi connectivity index (χ1n) is 10.6. The van der Waals surface area contributed by atoms with Crippen molar-refractivity contribution in [3.8, 4) is 0 Å². The number of halogens is 2. The molecule has 0 radical (unpaired) electrons. The second-order valence-corrected chi connectivity index (χ2v) is 7.67. The topological polar surface area (TPSA) is 82.5 Å². The number of aryl methyl sites for hydroxylation is 2. The molecule has 9 heteroatoms. The molecular formula is C22H27ClFN3O4. The van der Waals surface area contributed by atoms with Crippen molar-refractivity contribution in [1.29, 1.82) is 0 Å². The Labute approximate surface area is 185 Å². The van der Waals surface area contributed by atoms with E-state index in [1.165, 1.54) is 18.2 Å². The van der Waals surface area contributed by atoms with Gasteiger partial charge in [-0.25, -0.2) is 9.18 Å². The zero-order valence-corrected chi connectivity index (χ0v) is 18.3. The first-order chi connectivity index (χ1) is 15.0. The number of hydrogen-bond acceptors (Lipinski definition) is 5. The predicted molar refractivity (Wildman–Crippen MR) is 114 cm³/mol. The Balaban J connectivity index is 1.66. The van der Waals surface area contributed by atoms with Crippen LogP contribution in [-0.2, 0) is 28.9 Å². The zero-order chi connectivity index (χ0) is 22.2. The van der Waals surface area contributed by atoms with Gasteiger partial charge in [0.25, 0.3) is 5.91 Å². The van der Waals surface area contributed by atoms with Crippen LogP contribution < -0.4 is 5.32 Å². The average Bonchev–Trinajstić information content (AvgIpc) is 3.10. The smallest absolute Gasteiger partial charge is 0.341 e. The van der Waals surface area contributed by atoms with Crippen molar-refractivity contribution in [2.24, 2.45) is 0 Å². The molecule has 0 fully saturated rings. The summed E-state index contributed by atoms with van der Waals surface area (Å²) in [5.74, 6) is -1.65. The number of benzene rings is 1. The molecule has 3 rings (SSSR count). The first-order valence-corrected chi connectivity index (χ1v) is 11.0. The number of hydrogen-bond donors (Lipinski definition) is 1. The quantitative estimate of drug-likeness (QED) is 0.536. The monoisotopic (exact) mass is 451 g/mol. The molecule has 7 nitrogen and oxygen atoms in total. The summed E-state index contributed by atoms with van der Waals surface area (Å²) in [5.41, 5.74) is 2.07. The maximum Gasteiger partial charge on any atom is 0.341 e. The van der Waals surface area contributed by atoms with Crippen molar-refractivity contribution in [2.75, 3.05) is 26.4 Å². The molecule has 0 spiro atoms. The minimum absolute atomic E-state index is 0.0934. The van der Waals surface area contributed by atoms with Crippen molar-refractivity contribution in [3.05, 3.63) is 51.6 Å². The summed E-state index contributed by atoms with van der Waals surface area (Å²) in [6, 6.07) is 4.21. The predicted octanol–water partition coefficient (Wildman–Crippen LogP) is 3.57. The minimum Gasteiger partial charge on any atom is -0.462 e. The van der Waals surface area contributed by atoms with Crippen molar-refractivity contribution in [3.63, 3.8) is 0 Å². The molecular weight excluding hydrogens is 425 g/mol. The van der Waals surface area contributed by atoms with Crippen LogP contribution in [0.25, 0.3) is 0 Å². The summed E-state index contributed by atoms with van der Waals surface area (Å²) >= 11 is 5.72. The zero-order valence-electron chi connectivity index (χ0n) is 17.6. The van der Waals surface area contributed by atoms with Gasteiger partial charge in [-0.05, 0) is 37.8 Å². The third-order valence-corrected chi connectivity index (χ3v) is 5.36. The molecule has 1 aliphatic rings. The molecule has 1 N–H and O–H groups in total. The van der Waals surface area contributed by atoms with E-state index in [1.807, 2.05) is 11.6 Å². The van der Waals surface area contributed by atoms with Crippen LogP contribution in [0.1, 0.15) is 58.3 Å². The maximum atomic E-state index is 14.0. The van der Waals surface area contributed by atoms with Gasteiger partial charge in [-0.1, -0.05) is 24.6 Å². The molecule has 0 aliphatic carbocycles. The van der Waals surface area contributed by atoms with Gasteiger partial charge in [-0.15, -0.1) is 0 Å². The average molecular weight is 452 g/mol. The highest BCUT2D eigenvalue weighted by atomic mass is 35.5. The lowest BCUT2D eigenvalue weighted by molar-refractivity contribution is 0.0489. The number of aromatic nitrogens is 2. The number of rotatable bonds is 6. The van der Waals surface area contributed by atoms with Crippen molar-refractivity contribution in [1.82, 2.24) is 15.1 Å². The van der Waals surface area contributed by atoms with E-state index in [2.05, 4.69) is 10.4 Å². The SMILES string of the molecule is CCc1nn(CCCOC(=O)c2cccc(Cl)c2F)c2c1C(=O)NCCCOCCC2. The van der Waals surface area contributed by atoms with Crippen LogP contribution in [0.15, 0.2) is 18.2 Å². The Bertz CT molecular complexity index is 932. The van der Waals surface area contributed by atoms with E-state index >= 15 is 0 Å². The number of carbonyl (C=O) groups is 2. The fourth-order valence-corrected chi connectivity index (χ4v) is 3.70. The summed E-state index contributed by atoms with van der Waals surface area (Å²) in [6.45, 7) is 4.35. The third-order valence-electron chi connectivity index (χ3n) is 5.06. The van der Waals surface area contributed by atoms with E-state index in [1.54, 1.807) is 0 Å². The summed E-state index contributed by atoms with van der Waals surface area (Å²) < 4.78 is 26.6. The van der Waals surface area contributed by atoms with E-state index in [9.17, 15) is 14.0 Å².